The van der Waals surface area contributed by atoms with Crippen molar-refractivity contribution in [1.82, 2.24) is 25.0 Å². The predicted octanol–water partition coefficient (Wildman–Crippen LogP) is 2.71. The Hall–Kier alpha value is -3.72. The first-order valence-electron chi connectivity index (χ1n) is 8.34. The van der Waals surface area contributed by atoms with Gasteiger partial charge >= 0.3 is 0 Å². The average molecular weight is 390 g/mol. The lowest BCUT2D eigenvalue weighted by atomic mass is 10.3. The van der Waals surface area contributed by atoms with Crippen molar-refractivity contribution in [2.75, 3.05) is 5.32 Å². The maximum Gasteiger partial charge on any atom is 0.282 e. The van der Waals surface area contributed by atoms with Gasteiger partial charge in [0, 0.05) is 18.0 Å². The van der Waals surface area contributed by atoms with Crippen LogP contribution >= 0.6 is 11.3 Å². The van der Waals surface area contributed by atoms with Gasteiger partial charge in [-0.2, -0.15) is 5.10 Å². The summed E-state index contributed by atoms with van der Waals surface area (Å²) in [6, 6.07) is 16.1. The molecule has 4 rings (SSSR count). The molecule has 0 bridgehead atoms. The van der Waals surface area contributed by atoms with E-state index < -0.39 is 11.3 Å². The molecule has 3 aromatic heterocycles. The fourth-order valence-corrected chi connectivity index (χ4v) is 3.27. The minimum absolute atomic E-state index is 0.218. The van der Waals surface area contributed by atoms with Gasteiger partial charge in [-0.1, -0.05) is 35.6 Å². The van der Waals surface area contributed by atoms with Gasteiger partial charge in [0.25, 0.3) is 5.91 Å². The first-order valence-corrected chi connectivity index (χ1v) is 9.16. The van der Waals surface area contributed by atoms with E-state index in [4.69, 9.17) is 0 Å². The Balaban J connectivity index is 1.62. The number of aryl methyl sites for hydroxylation is 1. The largest absolute Gasteiger partial charge is 0.295 e. The first-order chi connectivity index (χ1) is 13.6. The molecule has 8 nitrogen and oxygen atoms in total. The van der Waals surface area contributed by atoms with Crippen LogP contribution in [0.2, 0.25) is 0 Å². The van der Waals surface area contributed by atoms with Crippen LogP contribution in [0.1, 0.15) is 16.2 Å². The van der Waals surface area contributed by atoms with Gasteiger partial charge in [0.2, 0.25) is 10.6 Å². The molecule has 9 heteroatoms. The van der Waals surface area contributed by atoms with E-state index in [1.165, 1.54) is 17.4 Å². The number of carbonyl (C=O) groups excluding carboxylic acids is 1. The van der Waals surface area contributed by atoms with Crippen LogP contribution in [0, 0.1) is 6.92 Å². The van der Waals surface area contributed by atoms with E-state index >= 15 is 0 Å². The molecule has 0 atom stereocenters. The number of pyridine rings is 1. The van der Waals surface area contributed by atoms with Crippen LogP contribution in [0.5, 0.6) is 0 Å². The highest BCUT2D eigenvalue weighted by atomic mass is 32.1. The Kier molecular flexibility index (Phi) is 4.73. The molecule has 1 aromatic carbocycles. The van der Waals surface area contributed by atoms with Crippen molar-refractivity contribution in [1.29, 1.82) is 0 Å². The molecule has 0 fully saturated rings. The normalized spacial score (nSPS) is 10.6. The first kappa shape index (κ1) is 17.7. The monoisotopic (exact) mass is 390 g/mol. The highest BCUT2D eigenvalue weighted by Crippen LogP contribution is 2.24. The number of para-hydroxylation sites is 1. The molecule has 1 N–H and O–H groups in total. The highest BCUT2D eigenvalue weighted by molar-refractivity contribution is 7.18. The number of aromatic nitrogens is 5. The standard InChI is InChI=1S/C19H14N6O2S/c1-12-11-15(26)16(24-25(12)13-7-3-2-4-8-13)17(27)21-19-23-22-18(28-19)14-9-5-6-10-20-14/h2-11H,1H3,(H,21,23,27). The number of hydrogen-bond acceptors (Lipinski definition) is 7. The smallest absolute Gasteiger partial charge is 0.282 e. The van der Waals surface area contributed by atoms with Gasteiger partial charge < -0.3 is 0 Å². The van der Waals surface area contributed by atoms with Crippen molar-refractivity contribution < 1.29 is 4.79 Å². The Morgan fingerprint density at radius 3 is 2.61 bits per heavy atom. The molecule has 0 aliphatic heterocycles. The number of amides is 1. The van der Waals surface area contributed by atoms with Crippen molar-refractivity contribution in [3.8, 4) is 16.4 Å². The lowest BCUT2D eigenvalue weighted by Gasteiger charge is -2.10. The number of carbonyl (C=O) groups is 1. The summed E-state index contributed by atoms with van der Waals surface area (Å²) in [6.07, 6.45) is 1.65. The second-order valence-electron chi connectivity index (χ2n) is 5.83. The molecule has 0 spiro atoms. The summed E-state index contributed by atoms with van der Waals surface area (Å²) in [4.78, 5) is 29.1. The third-order valence-corrected chi connectivity index (χ3v) is 4.71. The number of nitrogens with one attached hydrogen (secondary N) is 1. The van der Waals surface area contributed by atoms with Crippen molar-refractivity contribution in [2.24, 2.45) is 0 Å². The van der Waals surface area contributed by atoms with Crippen LogP contribution in [-0.2, 0) is 0 Å². The Labute approximate surface area is 163 Å². The quantitative estimate of drug-likeness (QED) is 0.575. The molecule has 0 aliphatic carbocycles. The SMILES string of the molecule is Cc1cc(=O)c(C(=O)Nc2nnc(-c3ccccn3)s2)nn1-c1ccccc1. The molecule has 0 saturated heterocycles. The fourth-order valence-electron chi connectivity index (χ4n) is 2.56. The second kappa shape index (κ2) is 7.49. The lowest BCUT2D eigenvalue weighted by Crippen LogP contribution is -2.26. The molecule has 28 heavy (non-hydrogen) atoms. The van der Waals surface area contributed by atoms with Gasteiger partial charge in [-0.25, -0.2) is 4.68 Å². The van der Waals surface area contributed by atoms with E-state index in [-0.39, 0.29) is 10.8 Å². The Bertz CT molecular complexity index is 1190. The number of hydrogen-bond donors (Lipinski definition) is 1. The second-order valence-corrected chi connectivity index (χ2v) is 6.80. The van der Waals surface area contributed by atoms with E-state index in [9.17, 15) is 9.59 Å². The fraction of sp³-hybridized carbons (Fsp3) is 0.0526. The molecule has 0 unspecified atom stereocenters. The highest BCUT2D eigenvalue weighted by Gasteiger charge is 2.18. The molecule has 0 saturated carbocycles. The van der Waals surface area contributed by atoms with Gasteiger partial charge in [-0.05, 0) is 31.2 Å². The Morgan fingerprint density at radius 2 is 1.86 bits per heavy atom. The molecular weight excluding hydrogens is 376 g/mol. The van der Waals surface area contributed by atoms with Gasteiger partial charge in [-0.3, -0.25) is 19.9 Å². The summed E-state index contributed by atoms with van der Waals surface area (Å²) in [5.41, 5.74) is 1.35. The van der Waals surface area contributed by atoms with Gasteiger partial charge in [0.05, 0.1) is 5.69 Å². The Morgan fingerprint density at radius 1 is 1.07 bits per heavy atom. The van der Waals surface area contributed by atoms with Crippen LogP contribution in [-0.4, -0.2) is 30.9 Å². The molecule has 1 amide bonds. The van der Waals surface area contributed by atoms with E-state index in [1.54, 1.807) is 29.9 Å². The van der Waals surface area contributed by atoms with Crippen molar-refractivity contribution >= 4 is 22.4 Å². The number of anilines is 1. The maximum absolute atomic E-state index is 12.6. The summed E-state index contributed by atoms with van der Waals surface area (Å²) in [7, 11) is 0. The lowest BCUT2D eigenvalue weighted by molar-refractivity contribution is 0.101. The molecule has 138 valence electrons. The minimum atomic E-state index is -0.640. The minimum Gasteiger partial charge on any atom is -0.295 e. The van der Waals surface area contributed by atoms with Crippen LogP contribution < -0.4 is 10.7 Å². The number of benzene rings is 1. The van der Waals surface area contributed by atoms with E-state index in [1.807, 2.05) is 36.4 Å². The van der Waals surface area contributed by atoms with Gasteiger partial charge in [0.1, 0.15) is 5.69 Å². The summed E-state index contributed by atoms with van der Waals surface area (Å²) < 4.78 is 1.55. The van der Waals surface area contributed by atoms with Crippen molar-refractivity contribution in [2.45, 2.75) is 6.92 Å². The molecular formula is C19H14N6O2S. The van der Waals surface area contributed by atoms with Crippen molar-refractivity contribution in [3.05, 3.63) is 82.4 Å². The van der Waals surface area contributed by atoms with E-state index in [0.717, 1.165) is 5.69 Å². The van der Waals surface area contributed by atoms with Crippen LogP contribution in [0.15, 0.2) is 65.6 Å². The summed E-state index contributed by atoms with van der Waals surface area (Å²) in [6.45, 7) is 1.76. The third kappa shape index (κ3) is 3.55. The van der Waals surface area contributed by atoms with Gasteiger partial charge in [0.15, 0.2) is 10.7 Å². The maximum atomic E-state index is 12.6. The van der Waals surface area contributed by atoms with Crippen LogP contribution in [0.25, 0.3) is 16.4 Å². The topological polar surface area (TPSA) is 103 Å². The molecule has 0 radical (unpaired) electrons. The van der Waals surface area contributed by atoms with Crippen molar-refractivity contribution in [3.63, 3.8) is 0 Å². The summed E-state index contributed by atoms with van der Waals surface area (Å²) in [5.74, 6) is -0.640. The predicted molar refractivity (Wildman–Crippen MR) is 106 cm³/mol. The molecule has 0 aliphatic rings. The average Bonchev–Trinajstić information content (AvgIpc) is 3.18. The van der Waals surface area contributed by atoms with E-state index in [2.05, 4.69) is 25.6 Å². The van der Waals surface area contributed by atoms with E-state index in [0.29, 0.717) is 16.4 Å². The zero-order chi connectivity index (χ0) is 19.5. The zero-order valence-electron chi connectivity index (χ0n) is 14.7. The summed E-state index contributed by atoms with van der Waals surface area (Å²) >= 11 is 1.17. The number of nitrogens with zero attached hydrogens (tertiary/aromatic N) is 5. The third-order valence-electron chi connectivity index (χ3n) is 3.85. The molecule has 3 heterocycles. The van der Waals surface area contributed by atoms with Crippen LogP contribution in [0.4, 0.5) is 5.13 Å². The number of rotatable bonds is 4. The molecule has 4 aromatic rings. The van der Waals surface area contributed by atoms with Gasteiger partial charge in [-0.15, -0.1) is 10.2 Å². The summed E-state index contributed by atoms with van der Waals surface area (Å²) in [5, 5.41) is 15.6. The van der Waals surface area contributed by atoms with Crippen LogP contribution in [0.3, 0.4) is 0 Å². The zero-order valence-corrected chi connectivity index (χ0v) is 15.6.